The first-order valence-corrected chi connectivity index (χ1v) is 6.16. The number of hydrogen-bond acceptors (Lipinski definition) is 3. The minimum absolute atomic E-state index is 0.109. The molecule has 1 rings (SSSR count). The molecular weight excluding hydrogens is 188 g/mol. The van der Waals surface area contributed by atoms with Crippen LogP contribution < -0.4 is 10.6 Å². The maximum Gasteiger partial charge on any atom is 0.0499 e. The number of aliphatic hydroxyl groups excluding tert-OH is 1. The highest BCUT2D eigenvalue weighted by atomic mass is 16.3. The summed E-state index contributed by atoms with van der Waals surface area (Å²) in [5.41, 5.74) is 0.109. The van der Waals surface area contributed by atoms with E-state index in [0.29, 0.717) is 18.7 Å². The molecule has 1 saturated carbocycles. The third-order valence-electron chi connectivity index (χ3n) is 3.51. The highest BCUT2D eigenvalue weighted by molar-refractivity contribution is 4.92. The van der Waals surface area contributed by atoms with Gasteiger partial charge in [-0.05, 0) is 12.8 Å². The van der Waals surface area contributed by atoms with Crippen LogP contribution in [0.5, 0.6) is 0 Å². The Morgan fingerprint density at radius 3 is 2.73 bits per heavy atom. The molecule has 0 radical (unpaired) electrons. The van der Waals surface area contributed by atoms with Gasteiger partial charge in [0.25, 0.3) is 0 Å². The predicted octanol–water partition coefficient (Wildman–Crippen LogP) is 1.13. The van der Waals surface area contributed by atoms with Crippen molar-refractivity contribution in [1.82, 2.24) is 10.6 Å². The second kappa shape index (κ2) is 5.83. The van der Waals surface area contributed by atoms with Crippen LogP contribution in [0.3, 0.4) is 0 Å². The van der Waals surface area contributed by atoms with E-state index < -0.39 is 0 Å². The highest BCUT2D eigenvalue weighted by Crippen LogP contribution is 2.37. The summed E-state index contributed by atoms with van der Waals surface area (Å²) in [6.07, 6.45) is 3.60. The molecule has 0 spiro atoms. The summed E-state index contributed by atoms with van der Waals surface area (Å²) in [4.78, 5) is 0. The maximum atomic E-state index is 9.38. The van der Waals surface area contributed by atoms with Gasteiger partial charge in [-0.1, -0.05) is 27.2 Å². The van der Waals surface area contributed by atoms with Crippen molar-refractivity contribution >= 4 is 0 Å². The van der Waals surface area contributed by atoms with E-state index in [1.165, 1.54) is 12.8 Å². The van der Waals surface area contributed by atoms with Gasteiger partial charge in [0.15, 0.2) is 0 Å². The van der Waals surface area contributed by atoms with Crippen LogP contribution in [0.25, 0.3) is 0 Å². The van der Waals surface area contributed by atoms with Crippen LogP contribution in [0.4, 0.5) is 0 Å². The molecule has 0 bridgehead atoms. The van der Waals surface area contributed by atoms with Crippen molar-refractivity contribution < 1.29 is 5.11 Å². The van der Waals surface area contributed by atoms with Gasteiger partial charge >= 0.3 is 0 Å². The highest BCUT2D eigenvalue weighted by Gasteiger charge is 2.37. The molecular formula is C12H26N2O. The Balaban J connectivity index is 2.20. The number of nitrogens with one attached hydrogen (secondary N) is 2. The fourth-order valence-electron chi connectivity index (χ4n) is 2.38. The zero-order chi connectivity index (χ0) is 11.3. The lowest BCUT2D eigenvalue weighted by Crippen LogP contribution is -2.44. The molecule has 0 saturated heterocycles. The van der Waals surface area contributed by atoms with Crippen molar-refractivity contribution in [2.45, 2.75) is 52.1 Å². The molecule has 90 valence electrons. The fourth-order valence-corrected chi connectivity index (χ4v) is 2.38. The molecule has 0 aromatic rings. The SMILES string of the molecule is CC(C)NCCN[C@H]1CCC[C@@]1(C)CO. The Morgan fingerprint density at radius 2 is 2.13 bits per heavy atom. The van der Waals surface area contributed by atoms with Crippen LogP contribution in [0, 0.1) is 5.41 Å². The van der Waals surface area contributed by atoms with Crippen molar-refractivity contribution in [3.8, 4) is 0 Å². The summed E-state index contributed by atoms with van der Waals surface area (Å²) in [6.45, 7) is 8.82. The van der Waals surface area contributed by atoms with Gasteiger partial charge in [0, 0.05) is 37.2 Å². The average molecular weight is 214 g/mol. The zero-order valence-electron chi connectivity index (χ0n) is 10.3. The van der Waals surface area contributed by atoms with E-state index in [2.05, 4.69) is 31.4 Å². The lowest BCUT2D eigenvalue weighted by atomic mass is 9.86. The van der Waals surface area contributed by atoms with Crippen molar-refractivity contribution in [2.24, 2.45) is 5.41 Å². The van der Waals surface area contributed by atoms with Gasteiger partial charge in [0.2, 0.25) is 0 Å². The second-order valence-corrected chi connectivity index (χ2v) is 5.32. The molecule has 0 heterocycles. The first kappa shape index (κ1) is 12.9. The fraction of sp³-hybridized carbons (Fsp3) is 1.00. The van der Waals surface area contributed by atoms with Gasteiger partial charge in [0.1, 0.15) is 0 Å². The third-order valence-corrected chi connectivity index (χ3v) is 3.51. The number of aliphatic hydroxyl groups is 1. The summed E-state index contributed by atoms with van der Waals surface area (Å²) < 4.78 is 0. The van der Waals surface area contributed by atoms with E-state index in [0.717, 1.165) is 19.5 Å². The molecule has 1 aliphatic carbocycles. The van der Waals surface area contributed by atoms with E-state index in [4.69, 9.17) is 0 Å². The van der Waals surface area contributed by atoms with E-state index in [-0.39, 0.29) is 5.41 Å². The predicted molar refractivity (Wildman–Crippen MR) is 64.0 cm³/mol. The summed E-state index contributed by atoms with van der Waals surface area (Å²) in [5, 5.41) is 16.3. The van der Waals surface area contributed by atoms with Crippen molar-refractivity contribution in [2.75, 3.05) is 19.7 Å². The van der Waals surface area contributed by atoms with Gasteiger partial charge < -0.3 is 15.7 Å². The Kier molecular flexibility index (Phi) is 5.03. The van der Waals surface area contributed by atoms with Gasteiger partial charge in [-0.2, -0.15) is 0 Å². The molecule has 1 fully saturated rings. The molecule has 0 unspecified atom stereocenters. The van der Waals surface area contributed by atoms with Crippen molar-refractivity contribution in [3.63, 3.8) is 0 Å². The van der Waals surface area contributed by atoms with Gasteiger partial charge in [-0.15, -0.1) is 0 Å². The topological polar surface area (TPSA) is 44.3 Å². The first-order chi connectivity index (χ1) is 7.08. The van der Waals surface area contributed by atoms with Crippen LogP contribution in [0.1, 0.15) is 40.0 Å². The lowest BCUT2D eigenvalue weighted by molar-refractivity contribution is 0.119. The van der Waals surface area contributed by atoms with Crippen LogP contribution >= 0.6 is 0 Å². The Hall–Kier alpha value is -0.120. The quantitative estimate of drug-likeness (QED) is 0.581. The third kappa shape index (κ3) is 3.74. The van der Waals surface area contributed by atoms with Gasteiger partial charge in [-0.3, -0.25) is 0 Å². The summed E-state index contributed by atoms with van der Waals surface area (Å²) in [7, 11) is 0. The summed E-state index contributed by atoms with van der Waals surface area (Å²) >= 11 is 0. The maximum absolute atomic E-state index is 9.38. The Bertz CT molecular complexity index is 184. The van der Waals surface area contributed by atoms with Crippen LogP contribution in [-0.2, 0) is 0 Å². The van der Waals surface area contributed by atoms with Crippen molar-refractivity contribution in [3.05, 3.63) is 0 Å². The minimum atomic E-state index is 0.109. The Morgan fingerprint density at radius 1 is 1.40 bits per heavy atom. The molecule has 3 nitrogen and oxygen atoms in total. The smallest absolute Gasteiger partial charge is 0.0499 e. The van der Waals surface area contributed by atoms with Crippen molar-refractivity contribution in [1.29, 1.82) is 0 Å². The molecule has 0 aromatic carbocycles. The van der Waals surface area contributed by atoms with E-state index in [1.807, 2.05) is 0 Å². The van der Waals surface area contributed by atoms with E-state index in [1.54, 1.807) is 0 Å². The summed E-state index contributed by atoms with van der Waals surface area (Å²) in [5.74, 6) is 0. The van der Waals surface area contributed by atoms with E-state index in [9.17, 15) is 5.11 Å². The molecule has 2 atom stereocenters. The minimum Gasteiger partial charge on any atom is -0.396 e. The van der Waals surface area contributed by atoms with Gasteiger partial charge in [0.05, 0.1) is 0 Å². The lowest BCUT2D eigenvalue weighted by Gasteiger charge is -2.30. The molecule has 3 heteroatoms. The average Bonchev–Trinajstić information content (AvgIpc) is 2.56. The zero-order valence-corrected chi connectivity index (χ0v) is 10.3. The molecule has 3 N–H and O–H groups in total. The second-order valence-electron chi connectivity index (χ2n) is 5.32. The molecule has 15 heavy (non-hydrogen) atoms. The van der Waals surface area contributed by atoms with Crippen LogP contribution in [-0.4, -0.2) is 36.9 Å². The normalized spacial score (nSPS) is 31.4. The first-order valence-electron chi connectivity index (χ1n) is 6.16. The van der Waals surface area contributed by atoms with Crippen LogP contribution in [0.15, 0.2) is 0 Å². The molecule has 1 aliphatic rings. The Labute approximate surface area is 93.6 Å². The molecule has 0 aliphatic heterocycles. The largest absolute Gasteiger partial charge is 0.396 e. The standard InChI is InChI=1S/C12H26N2O/c1-10(2)13-7-8-14-11-5-4-6-12(11,3)9-15/h10-11,13-15H,4-9H2,1-3H3/t11-,12-/m0/s1. The van der Waals surface area contributed by atoms with Crippen LogP contribution in [0.2, 0.25) is 0 Å². The number of hydrogen-bond donors (Lipinski definition) is 3. The number of rotatable bonds is 6. The summed E-state index contributed by atoms with van der Waals surface area (Å²) in [6, 6.07) is 1.05. The van der Waals surface area contributed by atoms with Gasteiger partial charge in [-0.25, -0.2) is 0 Å². The molecule has 0 amide bonds. The monoisotopic (exact) mass is 214 g/mol. The van der Waals surface area contributed by atoms with E-state index >= 15 is 0 Å². The molecule has 0 aromatic heterocycles.